The van der Waals surface area contributed by atoms with Crippen LogP contribution < -0.4 is 15.4 Å². The monoisotopic (exact) mass is 352 g/mol. The Kier molecular flexibility index (Phi) is 6.97. The maximum atomic E-state index is 12.7. The molecule has 0 aliphatic rings. The molecule has 0 saturated heterocycles. The van der Waals surface area contributed by atoms with Crippen molar-refractivity contribution in [2.45, 2.75) is 26.4 Å². The van der Waals surface area contributed by atoms with Crippen molar-refractivity contribution in [2.24, 2.45) is 0 Å². The van der Waals surface area contributed by atoms with Gasteiger partial charge in [0.2, 0.25) is 0 Å². The van der Waals surface area contributed by atoms with Gasteiger partial charge in [-0.15, -0.1) is 6.58 Å². The molecule has 0 bridgehead atoms. The molecule has 2 rings (SSSR count). The molecule has 0 aliphatic carbocycles. The number of ether oxygens (including phenoxy) is 1. The molecule has 0 saturated carbocycles. The summed E-state index contributed by atoms with van der Waals surface area (Å²) in [5, 5.41) is 5.52. The van der Waals surface area contributed by atoms with E-state index >= 15 is 0 Å². The first-order valence-electron chi connectivity index (χ1n) is 8.58. The van der Waals surface area contributed by atoms with Gasteiger partial charge in [-0.1, -0.05) is 43.3 Å². The zero-order valence-corrected chi connectivity index (χ0v) is 15.1. The summed E-state index contributed by atoms with van der Waals surface area (Å²) in [4.78, 5) is 24.9. The zero-order chi connectivity index (χ0) is 18.9. The third kappa shape index (κ3) is 4.96. The second-order valence-corrected chi connectivity index (χ2v) is 5.81. The second-order valence-electron chi connectivity index (χ2n) is 5.81. The molecule has 136 valence electrons. The van der Waals surface area contributed by atoms with Gasteiger partial charge in [-0.25, -0.2) is 0 Å². The fraction of sp³-hybridized carbons (Fsp3) is 0.238. The molecule has 0 fully saturated rings. The van der Waals surface area contributed by atoms with Crippen LogP contribution in [0.3, 0.4) is 0 Å². The van der Waals surface area contributed by atoms with Gasteiger partial charge in [-0.2, -0.15) is 0 Å². The van der Waals surface area contributed by atoms with Crippen molar-refractivity contribution in [2.75, 3.05) is 11.9 Å². The van der Waals surface area contributed by atoms with Gasteiger partial charge in [0.05, 0.1) is 11.3 Å². The van der Waals surface area contributed by atoms with Gasteiger partial charge in [-0.05, 0) is 37.1 Å². The molecule has 5 heteroatoms. The van der Waals surface area contributed by atoms with Crippen LogP contribution in [-0.4, -0.2) is 24.5 Å². The first-order chi connectivity index (χ1) is 12.6. The Morgan fingerprint density at radius 2 is 1.85 bits per heavy atom. The van der Waals surface area contributed by atoms with Gasteiger partial charge >= 0.3 is 0 Å². The Labute approximate surface area is 154 Å². The number of amides is 2. The van der Waals surface area contributed by atoms with E-state index in [1.807, 2.05) is 38.1 Å². The van der Waals surface area contributed by atoms with E-state index in [-0.39, 0.29) is 11.8 Å². The summed E-state index contributed by atoms with van der Waals surface area (Å²) in [5.74, 6) is 0.111. The summed E-state index contributed by atoms with van der Waals surface area (Å²) < 4.78 is 5.87. The van der Waals surface area contributed by atoms with E-state index in [1.54, 1.807) is 30.3 Å². The van der Waals surface area contributed by atoms with E-state index in [4.69, 9.17) is 4.74 Å². The van der Waals surface area contributed by atoms with Crippen LogP contribution in [0.2, 0.25) is 0 Å². The Hall–Kier alpha value is -3.08. The highest BCUT2D eigenvalue weighted by molar-refractivity contribution is 6.04. The molecule has 2 aromatic carbocycles. The van der Waals surface area contributed by atoms with Gasteiger partial charge in [0, 0.05) is 6.54 Å². The van der Waals surface area contributed by atoms with Crippen LogP contribution in [0.4, 0.5) is 5.69 Å². The topological polar surface area (TPSA) is 67.4 Å². The molecular weight excluding hydrogens is 328 g/mol. The van der Waals surface area contributed by atoms with Crippen molar-refractivity contribution < 1.29 is 14.3 Å². The quantitative estimate of drug-likeness (QED) is 0.712. The van der Waals surface area contributed by atoms with E-state index in [0.717, 1.165) is 5.56 Å². The molecule has 0 radical (unpaired) electrons. The molecule has 0 aromatic heterocycles. The van der Waals surface area contributed by atoms with Crippen molar-refractivity contribution >= 4 is 17.5 Å². The van der Waals surface area contributed by atoms with E-state index in [1.165, 1.54) is 0 Å². The van der Waals surface area contributed by atoms with E-state index < -0.39 is 6.10 Å². The largest absolute Gasteiger partial charge is 0.480 e. The first kappa shape index (κ1) is 19.2. The number of rotatable bonds is 8. The number of nitrogens with one attached hydrogen (secondary N) is 2. The number of carbonyl (C=O) groups is 2. The molecule has 0 spiro atoms. The predicted octanol–water partition coefficient (Wildman–Crippen LogP) is 3.71. The maximum Gasteiger partial charge on any atom is 0.265 e. The van der Waals surface area contributed by atoms with Gasteiger partial charge in [-0.3, -0.25) is 9.59 Å². The van der Waals surface area contributed by atoms with Gasteiger partial charge in [0.1, 0.15) is 5.75 Å². The summed E-state index contributed by atoms with van der Waals surface area (Å²) in [7, 11) is 0. The molecule has 1 atom stereocenters. The Bertz CT molecular complexity index is 786. The summed E-state index contributed by atoms with van der Waals surface area (Å²) in [6.45, 7) is 7.74. The van der Waals surface area contributed by atoms with Crippen LogP contribution >= 0.6 is 0 Å². The van der Waals surface area contributed by atoms with Gasteiger partial charge in [0.25, 0.3) is 11.8 Å². The SMILES string of the molecule is C=CCNC(=O)c1ccccc1NC(=O)C(CC)Oc1ccccc1C. The normalized spacial score (nSPS) is 11.3. The lowest BCUT2D eigenvalue weighted by molar-refractivity contribution is -0.122. The average Bonchev–Trinajstić information content (AvgIpc) is 2.65. The van der Waals surface area contributed by atoms with E-state index in [9.17, 15) is 9.59 Å². The summed E-state index contributed by atoms with van der Waals surface area (Å²) in [6.07, 6.45) is 1.45. The molecule has 2 aromatic rings. The average molecular weight is 352 g/mol. The van der Waals surface area contributed by atoms with Crippen LogP contribution in [0.1, 0.15) is 29.3 Å². The highest BCUT2D eigenvalue weighted by Gasteiger charge is 2.21. The lowest BCUT2D eigenvalue weighted by Crippen LogP contribution is -2.33. The first-order valence-corrected chi connectivity index (χ1v) is 8.58. The van der Waals surface area contributed by atoms with Crippen LogP contribution in [0.25, 0.3) is 0 Å². The van der Waals surface area contributed by atoms with Crippen molar-refractivity contribution in [1.82, 2.24) is 5.32 Å². The minimum atomic E-state index is -0.652. The molecule has 0 aliphatic heterocycles. The number of para-hydroxylation sites is 2. The predicted molar refractivity (Wildman–Crippen MR) is 103 cm³/mol. The second kappa shape index (κ2) is 9.42. The molecule has 0 heterocycles. The molecule has 2 amide bonds. The molecule has 26 heavy (non-hydrogen) atoms. The molecule has 2 N–H and O–H groups in total. The van der Waals surface area contributed by atoms with Crippen molar-refractivity contribution in [3.8, 4) is 5.75 Å². The molecule has 5 nitrogen and oxygen atoms in total. The number of anilines is 1. The van der Waals surface area contributed by atoms with Crippen LogP contribution in [-0.2, 0) is 4.79 Å². The maximum absolute atomic E-state index is 12.7. The minimum Gasteiger partial charge on any atom is -0.480 e. The smallest absolute Gasteiger partial charge is 0.265 e. The third-order valence-corrected chi connectivity index (χ3v) is 3.86. The number of hydrogen-bond acceptors (Lipinski definition) is 3. The molecule has 1 unspecified atom stereocenters. The zero-order valence-electron chi connectivity index (χ0n) is 15.1. The van der Waals surface area contributed by atoms with Crippen molar-refractivity contribution in [3.63, 3.8) is 0 Å². The number of aryl methyl sites for hydroxylation is 1. The Morgan fingerprint density at radius 3 is 2.54 bits per heavy atom. The summed E-state index contributed by atoms with van der Waals surface area (Å²) in [6, 6.07) is 14.4. The number of carbonyl (C=O) groups excluding carboxylic acids is 2. The van der Waals surface area contributed by atoms with Gasteiger partial charge < -0.3 is 15.4 Å². The fourth-order valence-corrected chi connectivity index (χ4v) is 2.43. The summed E-state index contributed by atoms with van der Waals surface area (Å²) in [5.41, 5.74) is 1.81. The van der Waals surface area contributed by atoms with Crippen LogP contribution in [0.5, 0.6) is 5.75 Å². The summed E-state index contributed by atoms with van der Waals surface area (Å²) >= 11 is 0. The van der Waals surface area contributed by atoms with Crippen LogP contribution in [0, 0.1) is 6.92 Å². The fourth-order valence-electron chi connectivity index (χ4n) is 2.43. The third-order valence-electron chi connectivity index (χ3n) is 3.86. The number of hydrogen-bond donors (Lipinski definition) is 2. The van der Waals surface area contributed by atoms with E-state index in [0.29, 0.717) is 30.0 Å². The highest BCUT2D eigenvalue weighted by atomic mass is 16.5. The van der Waals surface area contributed by atoms with E-state index in [2.05, 4.69) is 17.2 Å². The standard InChI is InChI=1S/C21H24N2O3/c1-4-14-22-20(24)16-11-7-8-12-17(16)23-21(25)18(5-2)26-19-13-9-6-10-15(19)3/h4,6-13,18H,1,5,14H2,2-3H3,(H,22,24)(H,23,25). The Morgan fingerprint density at radius 1 is 1.15 bits per heavy atom. The van der Waals surface area contributed by atoms with Crippen LogP contribution in [0.15, 0.2) is 61.2 Å². The Balaban J connectivity index is 2.14. The molecular formula is C21H24N2O3. The van der Waals surface area contributed by atoms with Crippen molar-refractivity contribution in [3.05, 3.63) is 72.3 Å². The lowest BCUT2D eigenvalue weighted by Gasteiger charge is -2.19. The lowest BCUT2D eigenvalue weighted by atomic mass is 10.1. The minimum absolute atomic E-state index is 0.270. The highest BCUT2D eigenvalue weighted by Crippen LogP contribution is 2.20. The number of benzene rings is 2. The van der Waals surface area contributed by atoms with Gasteiger partial charge in [0.15, 0.2) is 6.10 Å². The van der Waals surface area contributed by atoms with Crippen molar-refractivity contribution in [1.29, 1.82) is 0 Å².